The van der Waals surface area contributed by atoms with Gasteiger partial charge in [-0.2, -0.15) is 5.10 Å². The Labute approximate surface area is 184 Å². The zero-order valence-corrected chi connectivity index (χ0v) is 18.3. The quantitative estimate of drug-likeness (QED) is 0.646. The first-order valence-electron chi connectivity index (χ1n) is 9.72. The van der Waals surface area contributed by atoms with Crippen LogP contribution in [0.1, 0.15) is 24.2 Å². The molecule has 0 fully saturated rings. The molecule has 0 unspecified atom stereocenters. The van der Waals surface area contributed by atoms with Crippen LogP contribution in [-0.2, 0) is 11.3 Å². The van der Waals surface area contributed by atoms with E-state index in [1.807, 2.05) is 36.9 Å². The maximum Gasteiger partial charge on any atom is 0.267 e. The number of benzene rings is 1. The van der Waals surface area contributed by atoms with Crippen LogP contribution in [0.4, 0.5) is 11.5 Å². The molecule has 10 heteroatoms. The van der Waals surface area contributed by atoms with Gasteiger partial charge >= 0.3 is 0 Å². The van der Waals surface area contributed by atoms with Gasteiger partial charge < -0.3 is 20.1 Å². The molecule has 1 aromatic carbocycles. The average molecular weight is 443 g/mol. The highest BCUT2D eigenvalue weighted by Crippen LogP contribution is 2.34. The summed E-state index contributed by atoms with van der Waals surface area (Å²) in [5.74, 6) is -0.0610. The van der Waals surface area contributed by atoms with E-state index in [1.165, 1.54) is 6.33 Å². The summed E-state index contributed by atoms with van der Waals surface area (Å²) in [5, 5.41) is 4.91. The molecule has 0 bridgehead atoms. The van der Waals surface area contributed by atoms with Crippen molar-refractivity contribution in [2.75, 3.05) is 30.9 Å². The smallest absolute Gasteiger partial charge is 0.267 e. The number of carbonyl (C=O) groups is 1. The molecule has 0 saturated carbocycles. The van der Waals surface area contributed by atoms with Crippen LogP contribution in [0.5, 0.6) is 5.88 Å². The monoisotopic (exact) mass is 442 g/mol. The zero-order chi connectivity index (χ0) is 22.2. The predicted octanol–water partition coefficient (Wildman–Crippen LogP) is 3.04. The number of rotatable bonds is 5. The molecule has 9 nitrogen and oxygen atoms in total. The van der Waals surface area contributed by atoms with Crippen LogP contribution in [-0.4, -0.2) is 51.5 Å². The van der Waals surface area contributed by atoms with E-state index in [-0.39, 0.29) is 35.4 Å². The van der Waals surface area contributed by atoms with E-state index in [2.05, 4.69) is 15.1 Å². The standard InChI is InChI=1S/C21H23ClN6O3/c1-21(2,30-3)11-27-10-13(9-26-27)15-5-4-14(8-16(15)22)28-6-7-31-19-17(20(28)29)18(23)24-12-25-19/h4-5,8-10,12H,6-7,11H2,1-3H3,(H2,23,24,25). The van der Waals surface area contributed by atoms with Crippen molar-refractivity contribution in [3.8, 4) is 17.0 Å². The van der Waals surface area contributed by atoms with Crippen LogP contribution < -0.4 is 15.4 Å². The first-order chi connectivity index (χ1) is 14.8. The fourth-order valence-corrected chi connectivity index (χ4v) is 3.64. The van der Waals surface area contributed by atoms with Gasteiger partial charge in [-0.05, 0) is 26.0 Å². The molecule has 2 N–H and O–H groups in total. The van der Waals surface area contributed by atoms with Crippen molar-refractivity contribution in [3.05, 3.63) is 47.5 Å². The molecule has 0 radical (unpaired) electrons. The summed E-state index contributed by atoms with van der Waals surface area (Å²) < 4.78 is 12.9. The Hall–Kier alpha value is -3.17. The van der Waals surface area contributed by atoms with Gasteiger partial charge in [0.2, 0.25) is 5.88 Å². The number of carbonyl (C=O) groups excluding carboxylic acids is 1. The number of amides is 1. The lowest BCUT2D eigenvalue weighted by molar-refractivity contribution is 0.00542. The maximum atomic E-state index is 13.1. The molecule has 3 aromatic rings. The Morgan fingerprint density at radius 3 is 2.87 bits per heavy atom. The van der Waals surface area contributed by atoms with E-state index < -0.39 is 0 Å². The number of nitrogen functional groups attached to an aromatic ring is 1. The minimum Gasteiger partial charge on any atom is -0.475 e. The Balaban J connectivity index is 1.62. The lowest BCUT2D eigenvalue weighted by Gasteiger charge is -2.22. The highest BCUT2D eigenvalue weighted by atomic mass is 35.5. The van der Waals surface area contributed by atoms with Gasteiger partial charge in [-0.1, -0.05) is 17.7 Å². The van der Waals surface area contributed by atoms with Gasteiger partial charge in [-0.15, -0.1) is 0 Å². The summed E-state index contributed by atoms with van der Waals surface area (Å²) in [6, 6.07) is 5.45. The van der Waals surface area contributed by atoms with Gasteiger partial charge in [-0.25, -0.2) is 9.97 Å². The number of fused-ring (bicyclic) bond motifs is 1. The molecule has 1 aliphatic rings. The van der Waals surface area contributed by atoms with Gasteiger partial charge in [0.15, 0.2) is 0 Å². The molecule has 1 aliphatic heterocycles. The third kappa shape index (κ3) is 4.19. The molecular formula is C21H23ClN6O3. The topological polar surface area (TPSA) is 108 Å². The molecular weight excluding hydrogens is 420 g/mol. The fourth-order valence-electron chi connectivity index (χ4n) is 3.36. The number of aromatic nitrogens is 4. The number of nitrogens with two attached hydrogens (primary N) is 1. The molecule has 162 valence electrons. The van der Waals surface area contributed by atoms with E-state index >= 15 is 0 Å². The van der Waals surface area contributed by atoms with Gasteiger partial charge in [0.05, 0.1) is 29.9 Å². The average Bonchev–Trinajstić information content (AvgIpc) is 3.10. The molecule has 0 atom stereocenters. The zero-order valence-electron chi connectivity index (χ0n) is 17.5. The first-order valence-corrected chi connectivity index (χ1v) is 10.1. The summed E-state index contributed by atoms with van der Waals surface area (Å²) in [5.41, 5.74) is 8.04. The van der Waals surface area contributed by atoms with Crippen molar-refractivity contribution in [2.45, 2.75) is 26.0 Å². The van der Waals surface area contributed by atoms with Crippen LogP contribution in [0.2, 0.25) is 5.02 Å². The first kappa shape index (κ1) is 21.1. The lowest BCUT2D eigenvalue weighted by atomic mass is 10.1. The molecule has 0 aliphatic carbocycles. The number of halogens is 1. The highest BCUT2D eigenvalue weighted by Gasteiger charge is 2.29. The SMILES string of the molecule is COC(C)(C)Cn1cc(-c2ccc(N3CCOc4ncnc(N)c4C3=O)cc2Cl)cn1. The number of hydrogen-bond donors (Lipinski definition) is 1. The van der Waals surface area contributed by atoms with Crippen molar-refractivity contribution in [1.82, 2.24) is 19.7 Å². The van der Waals surface area contributed by atoms with Crippen LogP contribution >= 0.6 is 11.6 Å². The number of methoxy groups -OCH3 is 1. The van der Waals surface area contributed by atoms with E-state index in [1.54, 1.807) is 24.3 Å². The normalized spacial score (nSPS) is 14.2. The second-order valence-corrected chi connectivity index (χ2v) is 8.21. The Bertz CT molecular complexity index is 1130. The van der Waals surface area contributed by atoms with E-state index in [9.17, 15) is 4.79 Å². The summed E-state index contributed by atoms with van der Waals surface area (Å²) in [7, 11) is 1.67. The van der Waals surface area contributed by atoms with Crippen LogP contribution in [0.15, 0.2) is 36.9 Å². The molecule has 3 heterocycles. The molecule has 4 rings (SSSR count). The van der Waals surface area contributed by atoms with Gasteiger partial charge in [-0.3, -0.25) is 9.48 Å². The van der Waals surface area contributed by atoms with Gasteiger partial charge in [0.1, 0.15) is 24.3 Å². The Morgan fingerprint density at radius 2 is 2.13 bits per heavy atom. The molecule has 1 amide bonds. The van der Waals surface area contributed by atoms with Gasteiger partial charge in [0, 0.05) is 30.1 Å². The van der Waals surface area contributed by atoms with E-state index in [4.69, 9.17) is 26.8 Å². The third-order valence-electron chi connectivity index (χ3n) is 5.16. The van der Waals surface area contributed by atoms with E-state index in [0.29, 0.717) is 23.8 Å². The van der Waals surface area contributed by atoms with E-state index in [0.717, 1.165) is 11.1 Å². The van der Waals surface area contributed by atoms with Crippen LogP contribution in [0.25, 0.3) is 11.1 Å². The maximum absolute atomic E-state index is 13.1. The summed E-state index contributed by atoms with van der Waals surface area (Å²) >= 11 is 6.59. The number of anilines is 2. The minimum absolute atomic E-state index is 0.0796. The predicted molar refractivity (Wildman–Crippen MR) is 117 cm³/mol. The van der Waals surface area contributed by atoms with Crippen LogP contribution in [0.3, 0.4) is 0 Å². The van der Waals surface area contributed by atoms with Crippen molar-refractivity contribution >= 4 is 29.0 Å². The Kier molecular flexibility index (Phi) is 5.55. The van der Waals surface area contributed by atoms with Crippen molar-refractivity contribution in [1.29, 1.82) is 0 Å². The second-order valence-electron chi connectivity index (χ2n) is 7.80. The number of hydrogen-bond acceptors (Lipinski definition) is 7. The molecule has 0 spiro atoms. The summed E-state index contributed by atoms with van der Waals surface area (Å²) in [6.07, 6.45) is 4.95. The largest absolute Gasteiger partial charge is 0.475 e. The van der Waals surface area contributed by atoms with Crippen LogP contribution in [0, 0.1) is 0 Å². The Morgan fingerprint density at radius 1 is 1.32 bits per heavy atom. The molecule has 31 heavy (non-hydrogen) atoms. The minimum atomic E-state index is -0.339. The second kappa shape index (κ2) is 8.16. The fraction of sp³-hybridized carbons (Fsp3) is 0.333. The molecule has 0 saturated heterocycles. The van der Waals surface area contributed by atoms with Crippen molar-refractivity contribution in [3.63, 3.8) is 0 Å². The molecule has 2 aromatic heterocycles. The highest BCUT2D eigenvalue weighted by molar-refractivity contribution is 6.33. The third-order valence-corrected chi connectivity index (χ3v) is 5.47. The van der Waals surface area contributed by atoms with Crippen molar-refractivity contribution in [2.24, 2.45) is 0 Å². The van der Waals surface area contributed by atoms with Gasteiger partial charge in [0.25, 0.3) is 5.91 Å². The number of nitrogens with zero attached hydrogens (tertiary/aromatic N) is 5. The van der Waals surface area contributed by atoms with Crippen molar-refractivity contribution < 1.29 is 14.3 Å². The summed E-state index contributed by atoms with van der Waals surface area (Å²) in [6.45, 7) is 5.19. The lowest BCUT2D eigenvalue weighted by Crippen LogP contribution is -2.32. The summed E-state index contributed by atoms with van der Waals surface area (Å²) in [4.78, 5) is 22.6. The number of ether oxygens (including phenoxy) is 2.